The maximum atomic E-state index is 5.45. The molecule has 0 bridgehead atoms. The van der Waals surface area contributed by atoms with E-state index in [1.807, 2.05) is 42.7 Å². The van der Waals surface area contributed by atoms with Gasteiger partial charge in [-0.25, -0.2) is 9.97 Å². The first-order valence-electron chi connectivity index (χ1n) is 4.96. The van der Waals surface area contributed by atoms with Crippen molar-refractivity contribution < 1.29 is 0 Å². The van der Waals surface area contributed by atoms with Gasteiger partial charge in [0.2, 0.25) is 0 Å². The molecule has 0 aliphatic carbocycles. The van der Waals surface area contributed by atoms with E-state index >= 15 is 0 Å². The van der Waals surface area contributed by atoms with E-state index in [0.29, 0.717) is 6.54 Å². The molecule has 0 saturated carbocycles. The molecule has 0 aliphatic heterocycles. The minimum atomic E-state index is 0. The highest BCUT2D eigenvalue weighted by atomic mass is 35.5. The van der Waals surface area contributed by atoms with Gasteiger partial charge in [-0.3, -0.25) is 0 Å². The molecule has 0 fully saturated rings. The number of benzene rings is 1. The van der Waals surface area contributed by atoms with E-state index in [1.165, 1.54) is 0 Å². The van der Waals surface area contributed by atoms with Crippen LogP contribution in [0.3, 0.4) is 0 Å². The smallest absolute Gasteiger partial charge is 0.159 e. The van der Waals surface area contributed by atoms with Gasteiger partial charge in [0.05, 0.1) is 0 Å². The second kappa shape index (κ2) is 6.20. The van der Waals surface area contributed by atoms with Gasteiger partial charge in [-0.1, -0.05) is 30.3 Å². The summed E-state index contributed by atoms with van der Waals surface area (Å²) in [5.74, 6) is 0.761. The summed E-state index contributed by atoms with van der Waals surface area (Å²) in [5, 5.41) is 0. The third-order valence-electron chi connectivity index (χ3n) is 2.17. The Labute approximate surface area is 101 Å². The third kappa shape index (κ3) is 3.02. The van der Waals surface area contributed by atoms with Crippen molar-refractivity contribution in [1.29, 1.82) is 0 Å². The van der Waals surface area contributed by atoms with Crippen molar-refractivity contribution in [2.45, 2.75) is 6.42 Å². The molecule has 0 aliphatic rings. The SMILES string of the molecule is Cl.NCCc1cnc(-c2ccccc2)nc1. The Balaban J connectivity index is 0.00000128. The topological polar surface area (TPSA) is 51.8 Å². The van der Waals surface area contributed by atoms with E-state index in [2.05, 4.69) is 9.97 Å². The van der Waals surface area contributed by atoms with Crippen LogP contribution >= 0.6 is 12.4 Å². The number of nitrogens with two attached hydrogens (primary N) is 1. The first kappa shape index (κ1) is 12.6. The molecule has 0 radical (unpaired) electrons. The van der Waals surface area contributed by atoms with E-state index in [0.717, 1.165) is 23.4 Å². The molecular weight excluding hydrogens is 222 g/mol. The van der Waals surface area contributed by atoms with Gasteiger partial charge in [-0.05, 0) is 18.5 Å². The second-order valence-electron chi connectivity index (χ2n) is 3.32. The minimum absolute atomic E-state index is 0. The first-order chi connectivity index (χ1) is 7.40. The van der Waals surface area contributed by atoms with Crippen LogP contribution in [0.4, 0.5) is 0 Å². The zero-order valence-electron chi connectivity index (χ0n) is 8.84. The van der Waals surface area contributed by atoms with Crippen molar-refractivity contribution in [1.82, 2.24) is 9.97 Å². The van der Waals surface area contributed by atoms with E-state index < -0.39 is 0 Å². The van der Waals surface area contributed by atoms with Crippen molar-refractivity contribution in [3.05, 3.63) is 48.3 Å². The fourth-order valence-electron chi connectivity index (χ4n) is 1.39. The summed E-state index contributed by atoms with van der Waals surface area (Å²) in [6, 6.07) is 9.93. The Morgan fingerprint density at radius 3 is 2.19 bits per heavy atom. The summed E-state index contributed by atoms with van der Waals surface area (Å²) in [5.41, 5.74) is 7.57. The third-order valence-corrected chi connectivity index (χ3v) is 2.17. The molecule has 0 saturated heterocycles. The lowest BCUT2D eigenvalue weighted by Crippen LogP contribution is -2.03. The normalized spacial score (nSPS) is 9.56. The second-order valence-corrected chi connectivity index (χ2v) is 3.32. The Hall–Kier alpha value is -1.45. The number of hydrogen-bond donors (Lipinski definition) is 1. The van der Waals surface area contributed by atoms with Gasteiger partial charge in [0.1, 0.15) is 0 Å². The lowest BCUT2D eigenvalue weighted by molar-refractivity contribution is 0.943. The Morgan fingerprint density at radius 2 is 1.62 bits per heavy atom. The van der Waals surface area contributed by atoms with Crippen molar-refractivity contribution in [3.63, 3.8) is 0 Å². The molecule has 0 spiro atoms. The van der Waals surface area contributed by atoms with Crippen LogP contribution in [-0.4, -0.2) is 16.5 Å². The molecule has 2 aromatic rings. The number of aromatic nitrogens is 2. The Bertz CT molecular complexity index is 414. The lowest BCUT2D eigenvalue weighted by atomic mass is 10.2. The summed E-state index contributed by atoms with van der Waals surface area (Å²) < 4.78 is 0. The van der Waals surface area contributed by atoms with Crippen molar-refractivity contribution >= 4 is 12.4 Å². The quantitative estimate of drug-likeness (QED) is 0.886. The molecule has 4 heteroatoms. The fraction of sp³-hybridized carbons (Fsp3) is 0.167. The predicted molar refractivity (Wildman–Crippen MR) is 67.5 cm³/mol. The summed E-state index contributed by atoms with van der Waals surface area (Å²) in [7, 11) is 0. The fourth-order valence-corrected chi connectivity index (χ4v) is 1.39. The predicted octanol–water partition coefficient (Wildman–Crippen LogP) is 2.07. The van der Waals surface area contributed by atoms with Crippen LogP contribution in [0.1, 0.15) is 5.56 Å². The van der Waals surface area contributed by atoms with Crippen LogP contribution in [0.5, 0.6) is 0 Å². The minimum Gasteiger partial charge on any atom is -0.330 e. The van der Waals surface area contributed by atoms with Gasteiger partial charge >= 0.3 is 0 Å². The van der Waals surface area contributed by atoms with Crippen LogP contribution in [0, 0.1) is 0 Å². The van der Waals surface area contributed by atoms with Crippen LogP contribution in [-0.2, 0) is 6.42 Å². The maximum absolute atomic E-state index is 5.45. The zero-order valence-corrected chi connectivity index (χ0v) is 9.65. The van der Waals surface area contributed by atoms with Crippen LogP contribution < -0.4 is 5.73 Å². The van der Waals surface area contributed by atoms with E-state index in [9.17, 15) is 0 Å². The highest BCUT2D eigenvalue weighted by Crippen LogP contribution is 2.12. The molecule has 84 valence electrons. The van der Waals surface area contributed by atoms with E-state index in [1.54, 1.807) is 0 Å². The number of hydrogen-bond acceptors (Lipinski definition) is 3. The molecule has 1 aromatic carbocycles. The molecule has 0 amide bonds. The van der Waals surface area contributed by atoms with E-state index in [-0.39, 0.29) is 12.4 Å². The lowest BCUT2D eigenvalue weighted by Gasteiger charge is -2.01. The van der Waals surface area contributed by atoms with Gasteiger partial charge in [0, 0.05) is 18.0 Å². The first-order valence-corrected chi connectivity index (χ1v) is 4.96. The molecule has 1 aromatic heterocycles. The average Bonchev–Trinajstić information content (AvgIpc) is 2.32. The maximum Gasteiger partial charge on any atom is 0.159 e. The number of nitrogens with zero attached hydrogens (tertiary/aromatic N) is 2. The van der Waals surface area contributed by atoms with Crippen LogP contribution in [0.2, 0.25) is 0 Å². The molecule has 0 unspecified atom stereocenters. The average molecular weight is 236 g/mol. The Kier molecular flexibility index (Phi) is 4.89. The molecule has 2 N–H and O–H groups in total. The molecular formula is C12H14ClN3. The molecule has 0 atom stereocenters. The summed E-state index contributed by atoms with van der Waals surface area (Å²) in [4.78, 5) is 8.60. The van der Waals surface area contributed by atoms with Gasteiger partial charge in [-0.2, -0.15) is 0 Å². The summed E-state index contributed by atoms with van der Waals surface area (Å²) in [6.07, 6.45) is 4.50. The highest BCUT2D eigenvalue weighted by Gasteiger charge is 1.99. The van der Waals surface area contributed by atoms with Gasteiger partial charge in [-0.15, -0.1) is 12.4 Å². The monoisotopic (exact) mass is 235 g/mol. The van der Waals surface area contributed by atoms with Crippen molar-refractivity contribution in [2.24, 2.45) is 5.73 Å². The van der Waals surface area contributed by atoms with Crippen molar-refractivity contribution in [3.8, 4) is 11.4 Å². The molecule has 1 heterocycles. The summed E-state index contributed by atoms with van der Waals surface area (Å²) >= 11 is 0. The van der Waals surface area contributed by atoms with Crippen LogP contribution in [0.25, 0.3) is 11.4 Å². The molecule has 2 rings (SSSR count). The number of halogens is 1. The summed E-state index contributed by atoms with van der Waals surface area (Å²) in [6.45, 7) is 0.633. The van der Waals surface area contributed by atoms with Gasteiger partial charge in [0.25, 0.3) is 0 Å². The Morgan fingerprint density at radius 1 is 1.00 bits per heavy atom. The zero-order chi connectivity index (χ0) is 10.5. The molecule has 3 nitrogen and oxygen atoms in total. The molecule has 16 heavy (non-hydrogen) atoms. The standard InChI is InChI=1S/C12H13N3.ClH/c13-7-6-10-8-14-12(15-9-10)11-4-2-1-3-5-11;/h1-5,8-9H,6-7,13H2;1H. The largest absolute Gasteiger partial charge is 0.330 e. The van der Waals surface area contributed by atoms with Gasteiger partial charge < -0.3 is 5.73 Å². The van der Waals surface area contributed by atoms with Crippen LogP contribution in [0.15, 0.2) is 42.7 Å². The van der Waals surface area contributed by atoms with Crippen molar-refractivity contribution in [2.75, 3.05) is 6.54 Å². The highest BCUT2D eigenvalue weighted by molar-refractivity contribution is 5.85. The van der Waals surface area contributed by atoms with Gasteiger partial charge in [0.15, 0.2) is 5.82 Å². The number of rotatable bonds is 3. The van der Waals surface area contributed by atoms with E-state index in [4.69, 9.17) is 5.73 Å².